The summed E-state index contributed by atoms with van der Waals surface area (Å²) < 4.78 is 81.2. The zero-order valence-corrected chi connectivity index (χ0v) is 16.1. The Morgan fingerprint density at radius 3 is 2.10 bits per heavy atom. The van der Waals surface area contributed by atoms with Gasteiger partial charge in [0.05, 0.1) is 5.56 Å². The number of aliphatic carboxylic acids is 1. The van der Waals surface area contributed by atoms with Crippen molar-refractivity contribution in [2.45, 2.75) is 31.9 Å². The van der Waals surface area contributed by atoms with Crippen LogP contribution in [-0.4, -0.2) is 71.2 Å². The minimum Gasteiger partial charge on any atom is -0.475 e. The smallest absolute Gasteiger partial charge is 0.425 e. The lowest BCUT2D eigenvalue weighted by atomic mass is 10.0. The number of amides is 1. The predicted molar refractivity (Wildman–Crippen MR) is 92.3 cm³/mol. The summed E-state index contributed by atoms with van der Waals surface area (Å²) in [6, 6.07) is 2.28. The van der Waals surface area contributed by atoms with E-state index in [9.17, 15) is 40.7 Å². The summed E-state index contributed by atoms with van der Waals surface area (Å²) in [7, 11) is 0. The number of Topliss-reactive ketones (excluding diaryl/α,β-unsaturated/α-hetero) is 1. The number of carbonyl (C=O) groups is 3. The van der Waals surface area contributed by atoms with Gasteiger partial charge in [0.2, 0.25) is 0 Å². The Morgan fingerprint density at radius 1 is 1.03 bits per heavy atom. The molecule has 1 heterocycles. The molecule has 1 fully saturated rings. The van der Waals surface area contributed by atoms with Gasteiger partial charge in [-0.1, -0.05) is 0 Å². The van der Waals surface area contributed by atoms with Crippen LogP contribution >= 0.6 is 0 Å². The molecule has 1 aliphatic heterocycles. The van der Waals surface area contributed by atoms with Gasteiger partial charge in [0.15, 0.2) is 6.10 Å². The number of ether oxygens (including phenoxy) is 1. The monoisotopic (exact) mass is 456 g/mol. The molecule has 0 radical (unpaired) electrons. The second-order valence-corrected chi connectivity index (χ2v) is 6.88. The molecule has 1 aromatic carbocycles. The van der Waals surface area contributed by atoms with Gasteiger partial charge in [0, 0.05) is 38.3 Å². The highest BCUT2D eigenvalue weighted by atomic mass is 19.4. The molecule has 1 amide bonds. The lowest BCUT2D eigenvalue weighted by molar-refractivity contribution is -0.200. The number of hydrogen-bond acceptors (Lipinski definition) is 5. The average molecular weight is 456 g/mol. The third-order valence-electron chi connectivity index (χ3n) is 4.55. The summed E-state index contributed by atoms with van der Waals surface area (Å²) in [6.07, 6.45) is -12.9. The van der Waals surface area contributed by atoms with Crippen molar-refractivity contribution in [3.8, 4) is 0 Å². The molecule has 0 spiro atoms. The SMILES string of the molecule is CC(OC(=O)N1CCN(Cc2cc(C(=O)C(=O)O)cc(C(F)(F)F)c2)CC1)C(F)(F)F. The molecule has 1 aliphatic rings. The van der Waals surface area contributed by atoms with E-state index < -0.39 is 47.4 Å². The molecule has 172 valence electrons. The van der Waals surface area contributed by atoms with Crippen molar-refractivity contribution in [2.75, 3.05) is 26.2 Å². The molecular weight excluding hydrogens is 438 g/mol. The van der Waals surface area contributed by atoms with Gasteiger partial charge >= 0.3 is 24.4 Å². The van der Waals surface area contributed by atoms with E-state index in [1.807, 2.05) is 0 Å². The van der Waals surface area contributed by atoms with Crippen molar-refractivity contribution in [2.24, 2.45) is 0 Å². The highest BCUT2D eigenvalue weighted by molar-refractivity contribution is 6.39. The van der Waals surface area contributed by atoms with Gasteiger partial charge in [-0.15, -0.1) is 0 Å². The van der Waals surface area contributed by atoms with Crippen molar-refractivity contribution in [1.82, 2.24) is 9.80 Å². The minimum absolute atomic E-state index is 0.0245. The van der Waals surface area contributed by atoms with E-state index in [-0.39, 0.29) is 38.3 Å². The number of carbonyl (C=O) groups excluding carboxylic acids is 2. The second-order valence-electron chi connectivity index (χ2n) is 6.88. The first-order valence-electron chi connectivity index (χ1n) is 8.92. The largest absolute Gasteiger partial charge is 0.475 e. The molecule has 1 unspecified atom stereocenters. The van der Waals surface area contributed by atoms with Gasteiger partial charge in [0.25, 0.3) is 5.78 Å². The highest BCUT2D eigenvalue weighted by Gasteiger charge is 2.40. The second kappa shape index (κ2) is 9.12. The summed E-state index contributed by atoms with van der Waals surface area (Å²) in [4.78, 5) is 36.9. The number of carboxylic acid groups (broad SMARTS) is 1. The molecule has 1 atom stereocenters. The molecule has 0 saturated carbocycles. The molecule has 1 aromatic rings. The quantitative estimate of drug-likeness (QED) is 0.416. The first-order valence-corrected chi connectivity index (χ1v) is 8.92. The van der Waals surface area contributed by atoms with Crippen molar-refractivity contribution in [3.63, 3.8) is 0 Å². The third-order valence-corrected chi connectivity index (χ3v) is 4.55. The number of halogens is 6. The standard InChI is InChI=1S/C18H18F6N2O5/c1-10(17(19,20)21)31-16(30)26-4-2-25(3-5-26)9-11-6-12(14(27)15(28)29)8-13(7-11)18(22,23)24/h6-8,10H,2-5,9H2,1H3,(H,28,29). The third kappa shape index (κ3) is 6.57. The number of alkyl halides is 6. The average Bonchev–Trinajstić information content (AvgIpc) is 2.66. The van der Waals surface area contributed by atoms with Crippen molar-refractivity contribution < 1.29 is 50.6 Å². The fourth-order valence-corrected chi connectivity index (χ4v) is 2.84. The number of benzene rings is 1. The van der Waals surface area contributed by atoms with Crippen LogP contribution in [0.2, 0.25) is 0 Å². The van der Waals surface area contributed by atoms with Gasteiger partial charge in [-0.25, -0.2) is 9.59 Å². The normalized spacial score (nSPS) is 16.7. The topological polar surface area (TPSA) is 87.2 Å². The minimum atomic E-state index is -4.80. The van der Waals surface area contributed by atoms with Gasteiger partial charge < -0.3 is 14.7 Å². The Morgan fingerprint density at radius 2 is 1.61 bits per heavy atom. The number of hydrogen-bond donors (Lipinski definition) is 1. The van der Waals surface area contributed by atoms with Crippen LogP contribution in [-0.2, 0) is 22.3 Å². The molecule has 1 N–H and O–H groups in total. The number of piperazine rings is 1. The van der Waals surface area contributed by atoms with Gasteiger partial charge in [-0.3, -0.25) is 9.69 Å². The predicted octanol–water partition coefficient (Wildman–Crippen LogP) is 3.18. The first kappa shape index (κ1) is 24.4. The van der Waals surface area contributed by atoms with Crippen LogP contribution in [0.1, 0.15) is 28.4 Å². The molecule has 0 aromatic heterocycles. The van der Waals surface area contributed by atoms with Crippen molar-refractivity contribution in [1.29, 1.82) is 0 Å². The van der Waals surface area contributed by atoms with E-state index >= 15 is 0 Å². The Balaban J connectivity index is 2.06. The van der Waals surface area contributed by atoms with E-state index in [1.54, 1.807) is 4.90 Å². The van der Waals surface area contributed by atoms with Gasteiger partial charge in [-0.05, 0) is 30.7 Å². The lowest BCUT2D eigenvalue weighted by Gasteiger charge is -2.34. The summed E-state index contributed by atoms with van der Waals surface area (Å²) in [6.45, 7) is 0.790. The van der Waals surface area contributed by atoms with E-state index in [1.165, 1.54) is 0 Å². The van der Waals surface area contributed by atoms with Crippen LogP contribution in [0.25, 0.3) is 0 Å². The molecule has 7 nitrogen and oxygen atoms in total. The number of ketones is 1. The molecule has 2 rings (SSSR count). The van der Waals surface area contributed by atoms with E-state index in [0.29, 0.717) is 13.0 Å². The fourth-order valence-electron chi connectivity index (χ4n) is 2.84. The summed E-state index contributed by atoms with van der Waals surface area (Å²) in [5.41, 5.74) is -1.78. The Labute approximate surface area is 172 Å². The molecule has 0 aliphatic carbocycles. The Hall–Kier alpha value is -2.83. The van der Waals surface area contributed by atoms with Gasteiger partial charge in [-0.2, -0.15) is 26.3 Å². The van der Waals surface area contributed by atoms with E-state index in [2.05, 4.69) is 4.74 Å². The Bertz CT molecular complexity index is 847. The maximum absolute atomic E-state index is 13.1. The maximum Gasteiger partial charge on any atom is 0.425 e. The zero-order chi connectivity index (χ0) is 23.6. The molecule has 13 heteroatoms. The number of nitrogens with zero attached hydrogens (tertiary/aromatic N) is 2. The molecule has 31 heavy (non-hydrogen) atoms. The van der Waals surface area contributed by atoms with Crippen molar-refractivity contribution >= 4 is 17.8 Å². The molecular formula is C18H18F6N2O5. The highest BCUT2D eigenvalue weighted by Crippen LogP contribution is 2.31. The van der Waals surface area contributed by atoms with Gasteiger partial charge in [0.1, 0.15) is 0 Å². The van der Waals surface area contributed by atoms with Crippen LogP contribution in [0.4, 0.5) is 31.1 Å². The van der Waals surface area contributed by atoms with Crippen LogP contribution in [0.3, 0.4) is 0 Å². The van der Waals surface area contributed by atoms with Crippen molar-refractivity contribution in [3.05, 3.63) is 34.9 Å². The zero-order valence-electron chi connectivity index (χ0n) is 16.1. The first-order chi connectivity index (χ1) is 14.2. The number of rotatable bonds is 5. The summed E-state index contributed by atoms with van der Waals surface area (Å²) >= 11 is 0. The van der Waals surface area contributed by atoms with Crippen LogP contribution in [0.15, 0.2) is 18.2 Å². The lowest BCUT2D eigenvalue weighted by Crippen LogP contribution is -2.49. The molecule has 0 bridgehead atoms. The fraction of sp³-hybridized carbons (Fsp3) is 0.500. The Kier molecular flexibility index (Phi) is 7.19. The van der Waals surface area contributed by atoms with E-state index in [4.69, 9.17) is 5.11 Å². The number of carboxylic acids is 1. The van der Waals surface area contributed by atoms with E-state index in [0.717, 1.165) is 17.0 Å². The van der Waals surface area contributed by atoms with Crippen LogP contribution in [0, 0.1) is 0 Å². The maximum atomic E-state index is 13.1. The van der Waals surface area contributed by atoms with Crippen LogP contribution in [0.5, 0.6) is 0 Å². The summed E-state index contributed by atoms with van der Waals surface area (Å²) in [5, 5.41) is 8.77. The molecule has 1 saturated heterocycles. The van der Waals surface area contributed by atoms with Crippen LogP contribution < -0.4 is 0 Å². The summed E-state index contributed by atoms with van der Waals surface area (Å²) in [5.74, 6) is -3.39.